The molecule has 2 unspecified atom stereocenters. The van der Waals surface area contributed by atoms with Gasteiger partial charge >= 0.3 is 0 Å². The van der Waals surface area contributed by atoms with E-state index in [-0.39, 0.29) is 0 Å². The van der Waals surface area contributed by atoms with Crippen molar-refractivity contribution < 1.29 is 0 Å². The summed E-state index contributed by atoms with van der Waals surface area (Å²) in [7, 11) is 0. The molecule has 1 aliphatic rings. The summed E-state index contributed by atoms with van der Waals surface area (Å²) in [6, 6.07) is 4.37. The van der Waals surface area contributed by atoms with Crippen LogP contribution in [0, 0.1) is 6.92 Å². The standard InChI is InChI=1S/C12H17NS/c1-9-3-4-11(8-13-9)10-5-6-12(7-10)14-2/h3-4,8,10,12H,5-7H2,1-2H3. The quantitative estimate of drug-likeness (QED) is 0.737. The van der Waals surface area contributed by atoms with E-state index in [4.69, 9.17) is 0 Å². The summed E-state index contributed by atoms with van der Waals surface area (Å²) in [5, 5.41) is 0.876. The van der Waals surface area contributed by atoms with E-state index in [1.54, 1.807) is 0 Å². The van der Waals surface area contributed by atoms with Gasteiger partial charge in [0.1, 0.15) is 0 Å². The van der Waals surface area contributed by atoms with Crippen molar-refractivity contribution in [3.63, 3.8) is 0 Å². The first kappa shape index (κ1) is 10.0. The third-order valence-corrected chi connectivity index (χ3v) is 4.22. The number of hydrogen-bond acceptors (Lipinski definition) is 2. The highest BCUT2D eigenvalue weighted by Gasteiger charge is 2.24. The van der Waals surface area contributed by atoms with Gasteiger partial charge in [-0.3, -0.25) is 4.98 Å². The molecule has 1 aromatic rings. The molecular weight excluding hydrogens is 190 g/mol. The first-order valence-corrected chi connectivity index (χ1v) is 6.53. The molecule has 0 amide bonds. The summed E-state index contributed by atoms with van der Waals surface area (Å²) in [5.41, 5.74) is 2.56. The molecular formula is C12H17NS. The predicted octanol–water partition coefficient (Wildman–Crippen LogP) is 3.39. The fourth-order valence-electron chi connectivity index (χ4n) is 2.18. The maximum atomic E-state index is 4.37. The summed E-state index contributed by atoms with van der Waals surface area (Å²) in [4.78, 5) is 4.37. The highest BCUT2D eigenvalue weighted by molar-refractivity contribution is 7.99. The van der Waals surface area contributed by atoms with Crippen molar-refractivity contribution >= 4 is 11.8 Å². The van der Waals surface area contributed by atoms with Gasteiger partial charge in [-0.2, -0.15) is 11.8 Å². The number of nitrogens with zero attached hydrogens (tertiary/aromatic N) is 1. The van der Waals surface area contributed by atoms with E-state index in [0.717, 1.165) is 16.9 Å². The molecule has 76 valence electrons. The van der Waals surface area contributed by atoms with Crippen LogP contribution in [0.5, 0.6) is 0 Å². The topological polar surface area (TPSA) is 12.9 Å². The van der Waals surface area contributed by atoms with Crippen molar-refractivity contribution in [2.24, 2.45) is 0 Å². The second-order valence-electron chi connectivity index (χ2n) is 4.10. The average molecular weight is 207 g/mol. The smallest absolute Gasteiger partial charge is 0.0372 e. The second kappa shape index (κ2) is 4.35. The van der Waals surface area contributed by atoms with Gasteiger partial charge < -0.3 is 0 Å². The Morgan fingerprint density at radius 1 is 1.36 bits per heavy atom. The second-order valence-corrected chi connectivity index (χ2v) is 5.24. The van der Waals surface area contributed by atoms with Crippen LogP contribution in [0.15, 0.2) is 18.3 Å². The summed E-state index contributed by atoms with van der Waals surface area (Å²) < 4.78 is 0. The van der Waals surface area contributed by atoms with Gasteiger partial charge in [-0.15, -0.1) is 0 Å². The van der Waals surface area contributed by atoms with Crippen molar-refractivity contribution in [1.29, 1.82) is 0 Å². The molecule has 2 atom stereocenters. The molecule has 0 N–H and O–H groups in total. The molecule has 0 bridgehead atoms. The Kier molecular flexibility index (Phi) is 3.12. The van der Waals surface area contributed by atoms with Crippen molar-refractivity contribution in [2.75, 3.05) is 6.26 Å². The van der Waals surface area contributed by atoms with E-state index in [1.165, 1.54) is 24.8 Å². The SMILES string of the molecule is CSC1CCC(c2ccc(C)nc2)C1. The minimum atomic E-state index is 0.764. The van der Waals surface area contributed by atoms with E-state index < -0.39 is 0 Å². The normalized spacial score (nSPS) is 26.7. The monoisotopic (exact) mass is 207 g/mol. The van der Waals surface area contributed by atoms with Crippen LogP contribution in [0.2, 0.25) is 0 Å². The Morgan fingerprint density at radius 3 is 2.79 bits per heavy atom. The Hall–Kier alpha value is -0.500. The molecule has 14 heavy (non-hydrogen) atoms. The van der Waals surface area contributed by atoms with Crippen molar-refractivity contribution in [3.05, 3.63) is 29.6 Å². The lowest BCUT2D eigenvalue weighted by Gasteiger charge is -2.09. The van der Waals surface area contributed by atoms with Crippen LogP contribution in [0.1, 0.15) is 36.4 Å². The number of pyridine rings is 1. The Labute approximate surface area is 90.3 Å². The lowest BCUT2D eigenvalue weighted by molar-refractivity contribution is 0.720. The van der Waals surface area contributed by atoms with Gasteiger partial charge in [-0.05, 0) is 50.0 Å². The minimum Gasteiger partial charge on any atom is -0.261 e. The van der Waals surface area contributed by atoms with Crippen molar-refractivity contribution in [1.82, 2.24) is 4.98 Å². The van der Waals surface area contributed by atoms with Crippen molar-refractivity contribution in [2.45, 2.75) is 37.4 Å². The van der Waals surface area contributed by atoms with E-state index in [2.05, 4.69) is 29.6 Å². The van der Waals surface area contributed by atoms with E-state index in [9.17, 15) is 0 Å². The molecule has 1 nitrogen and oxygen atoms in total. The Bertz CT molecular complexity index is 294. The molecule has 0 spiro atoms. The Morgan fingerprint density at radius 2 is 2.21 bits per heavy atom. The zero-order chi connectivity index (χ0) is 9.97. The fraction of sp³-hybridized carbons (Fsp3) is 0.583. The first-order chi connectivity index (χ1) is 6.79. The van der Waals surface area contributed by atoms with Gasteiger partial charge in [0.25, 0.3) is 0 Å². The molecule has 1 aliphatic carbocycles. The van der Waals surface area contributed by atoms with Gasteiger partial charge in [0.15, 0.2) is 0 Å². The molecule has 0 aromatic carbocycles. The van der Waals surface area contributed by atoms with Crippen LogP contribution in [-0.4, -0.2) is 16.5 Å². The fourth-order valence-corrected chi connectivity index (χ4v) is 2.97. The van der Waals surface area contributed by atoms with Crippen LogP contribution in [0.25, 0.3) is 0 Å². The average Bonchev–Trinajstić information content (AvgIpc) is 2.67. The number of rotatable bonds is 2. The van der Waals surface area contributed by atoms with Crippen LogP contribution in [0.3, 0.4) is 0 Å². The Balaban J connectivity index is 2.06. The predicted molar refractivity (Wildman–Crippen MR) is 62.9 cm³/mol. The van der Waals surface area contributed by atoms with E-state index in [1.807, 2.05) is 18.7 Å². The highest BCUT2D eigenvalue weighted by atomic mass is 32.2. The maximum absolute atomic E-state index is 4.37. The summed E-state index contributed by atoms with van der Waals surface area (Å²) in [6.07, 6.45) is 8.34. The zero-order valence-electron chi connectivity index (χ0n) is 8.86. The zero-order valence-corrected chi connectivity index (χ0v) is 9.68. The molecule has 1 heterocycles. The molecule has 1 fully saturated rings. The number of hydrogen-bond donors (Lipinski definition) is 0. The molecule has 0 aliphatic heterocycles. The van der Waals surface area contributed by atoms with Crippen LogP contribution in [0.4, 0.5) is 0 Å². The maximum Gasteiger partial charge on any atom is 0.0372 e. The lowest BCUT2D eigenvalue weighted by atomic mass is 9.99. The molecule has 2 rings (SSSR count). The largest absolute Gasteiger partial charge is 0.261 e. The third-order valence-electron chi connectivity index (χ3n) is 3.12. The first-order valence-electron chi connectivity index (χ1n) is 5.25. The molecule has 2 heteroatoms. The number of thioether (sulfide) groups is 1. The van der Waals surface area contributed by atoms with Gasteiger partial charge in [0, 0.05) is 17.1 Å². The van der Waals surface area contributed by atoms with Crippen LogP contribution < -0.4 is 0 Å². The molecule has 0 radical (unpaired) electrons. The summed E-state index contributed by atoms with van der Waals surface area (Å²) in [5.74, 6) is 0.764. The summed E-state index contributed by atoms with van der Waals surface area (Å²) in [6.45, 7) is 2.04. The van der Waals surface area contributed by atoms with E-state index in [0.29, 0.717) is 0 Å². The van der Waals surface area contributed by atoms with E-state index >= 15 is 0 Å². The van der Waals surface area contributed by atoms with Gasteiger partial charge in [-0.25, -0.2) is 0 Å². The minimum absolute atomic E-state index is 0.764. The number of aryl methyl sites for hydroxylation is 1. The van der Waals surface area contributed by atoms with Crippen LogP contribution in [-0.2, 0) is 0 Å². The molecule has 1 aromatic heterocycles. The van der Waals surface area contributed by atoms with Crippen molar-refractivity contribution in [3.8, 4) is 0 Å². The summed E-state index contributed by atoms with van der Waals surface area (Å²) >= 11 is 2.01. The third kappa shape index (κ3) is 2.11. The van der Waals surface area contributed by atoms with Gasteiger partial charge in [0.05, 0.1) is 0 Å². The lowest BCUT2D eigenvalue weighted by Crippen LogP contribution is -1.97. The van der Waals surface area contributed by atoms with Gasteiger partial charge in [0.2, 0.25) is 0 Å². The van der Waals surface area contributed by atoms with Gasteiger partial charge in [-0.1, -0.05) is 6.07 Å². The molecule has 1 saturated carbocycles. The highest BCUT2D eigenvalue weighted by Crippen LogP contribution is 2.38. The van der Waals surface area contributed by atoms with Crippen LogP contribution >= 0.6 is 11.8 Å². The molecule has 0 saturated heterocycles. The number of aromatic nitrogens is 1.